The van der Waals surface area contributed by atoms with E-state index in [1.165, 1.54) is 11.1 Å². The minimum atomic E-state index is -0.210. The van der Waals surface area contributed by atoms with Gasteiger partial charge in [0, 0.05) is 11.4 Å². The fourth-order valence-electron chi connectivity index (χ4n) is 2.37. The van der Waals surface area contributed by atoms with E-state index in [0.717, 1.165) is 43.1 Å². The summed E-state index contributed by atoms with van der Waals surface area (Å²) < 4.78 is 5.67. The van der Waals surface area contributed by atoms with Crippen LogP contribution in [0.3, 0.4) is 0 Å². The maximum absolute atomic E-state index is 9.80. The molecule has 0 spiro atoms. The van der Waals surface area contributed by atoms with Gasteiger partial charge >= 0.3 is 0 Å². The Hall–Kier alpha value is -0.730. The molecule has 0 bridgehead atoms. The summed E-state index contributed by atoms with van der Waals surface area (Å²) in [6.45, 7) is 4.85. The molecule has 100 valence electrons. The van der Waals surface area contributed by atoms with E-state index in [0.29, 0.717) is 5.92 Å². The van der Waals surface area contributed by atoms with Crippen molar-refractivity contribution in [3.8, 4) is 5.75 Å². The van der Waals surface area contributed by atoms with Crippen molar-refractivity contribution in [1.82, 2.24) is 0 Å². The third kappa shape index (κ3) is 3.18. The Balaban J connectivity index is 1.98. The highest BCUT2D eigenvalue weighted by Crippen LogP contribution is 2.33. The van der Waals surface area contributed by atoms with E-state index in [-0.39, 0.29) is 6.10 Å². The van der Waals surface area contributed by atoms with Crippen LogP contribution in [0.25, 0.3) is 0 Å². The fraction of sp³-hybridized carbons (Fsp3) is 0.600. The van der Waals surface area contributed by atoms with Crippen LogP contribution in [0.5, 0.6) is 5.75 Å². The van der Waals surface area contributed by atoms with Crippen LogP contribution in [0.4, 0.5) is 0 Å². The molecule has 0 fully saturated rings. The molecule has 1 N–H and O–H groups in total. The summed E-state index contributed by atoms with van der Waals surface area (Å²) in [6.07, 6.45) is 3.47. The van der Waals surface area contributed by atoms with E-state index < -0.39 is 0 Å². The van der Waals surface area contributed by atoms with Crippen LogP contribution in [0, 0.1) is 5.92 Å². The van der Waals surface area contributed by atoms with Crippen molar-refractivity contribution in [2.24, 2.45) is 5.92 Å². The van der Waals surface area contributed by atoms with Gasteiger partial charge in [0.2, 0.25) is 0 Å². The largest absolute Gasteiger partial charge is 0.493 e. The SMILES string of the molecule is CC(C)C(O)CCCc1cc(Cl)cc2c1OCC2. The number of hydrogen-bond acceptors (Lipinski definition) is 2. The second-order valence-electron chi connectivity index (χ2n) is 5.36. The zero-order chi connectivity index (χ0) is 13.1. The van der Waals surface area contributed by atoms with E-state index in [2.05, 4.69) is 0 Å². The zero-order valence-corrected chi connectivity index (χ0v) is 11.8. The van der Waals surface area contributed by atoms with Crippen molar-refractivity contribution in [3.63, 3.8) is 0 Å². The lowest BCUT2D eigenvalue weighted by Crippen LogP contribution is -2.14. The first kappa shape index (κ1) is 13.7. The lowest BCUT2D eigenvalue weighted by molar-refractivity contribution is 0.114. The summed E-state index contributed by atoms with van der Waals surface area (Å²) >= 11 is 6.12. The molecule has 2 rings (SSSR count). The van der Waals surface area contributed by atoms with Crippen LogP contribution in [0.2, 0.25) is 5.02 Å². The first-order valence-corrected chi connectivity index (χ1v) is 7.08. The number of ether oxygens (including phenoxy) is 1. The molecule has 3 heteroatoms. The standard InChI is InChI=1S/C15H21ClO2/c1-10(2)14(17)5-3-4-11-8-13(16)9-12-6-7-18-15(11)12/h8-10,14,17H,3-7H2,1-2H3. The highest BCUT2D eigenvalue weighted by atomic mass is 35.5. The van der Waals surface area contributed by atoms with Crippen LogP contribution in [0.15, 0.2) is 12.1 Å². The lowest BCUT2D eigenvalue weighted by Gasteiger charge is -2.14. The van der Waals surface area contributed by atoms with Gasteiger partial charge in [-0.25, -0.2) is 0 Å². The molecule has 1 aliphatic heterocycles. The van der Waals surface area contributed by atoms with E-state index >= 15 is 0 Å². The molecule has 1 unspecified atom stereocenters. The Kier molecular flexibility index (Phi) is 4.52. The molecular formula is C15H21ClO2. The lowest BCUT2D eigenvalue weighted by atomic mass is 9.98. The zero-order valence-electron chi connectivity index (χ0n) is 11.1. The van der Waals surface area contributed by atoms with Crippen molar-refractivity contribution in [3.05, 3.63) is 28.3 Å². The molecule has 1 heterocycles. The monoisotopic (exact) mass is 268 g/mol. The maximum Gasteiger partial charge on any atom is 0.125 e. The average molecular weight is 269 g/mol. The van der Waals surface area contributed by atoms with Crippen molar-refractivity contribution in [2.45, 2.75) is 45.6 Å². The number of aryl methyl sites for hydroxylation is 1. The summed E-state index contributed by atoms with van der Waals surface area (Å²) in [7, 11) is 0. The molecule has 0 saturated carbocycles. The summed E-state index contributed by atoms with van der Waals surface area (Å²) in [5.74, 6) is 1.35. The quantitative estimate of drug-likeness (QED) is 0.884. The van der Waals surface area contributed by atoms with Gasteiger partial charge < -0.3 is 9.84 Å². The van der Waals surface area contributed by atoms with Crippen LogP contribution < -0.4 is 4.74 Å². The maximum atomic E-state index is 9.80. The molecule has 0 radical (unpaired) electrons. The van der Waals surface area contributed by atoms with Gasteiger partial charge in [-0.15, -0.1) is 0 Å². The molecule has 1 atom stereocenters. The molecular weight excluding hydrogens is 248 g/mol. The Morgan fingerprint density at radius 1 is 1.39 bits per heavy atom. The molecule has 1 aliphatic rings. The Bertz CT molecular complexity index is 415. The van der Waals surface area contributed by atoms with Crippen molar-refractivity contribution in [1.29, 1.82) is 0 Å². The van der Waals surface area contributed by atoms with Gasteiger partial charge in [-0.3, -0.25) is 0 Å². The van der Waals surface area contributed by atoms with Crippen LogP contribution >= 0.6 is 11.6 Å². The van der Waals surface area contributed by atoms with Gasteiger partial charge in [0.15, 0.2) is 0 Å². The van der Waals surface area contributed by atoms with Crippen LogP contribution in [-0.4, -0.2) is 17.8 Å². The molecule has 0 aromatic heterocycles. The first-order valence-electron chi connectivity index (χ1n) is 6.70. The van der Waals surface area contributed by atoms with E-state index in [1.54, 1.807) is 0 Å². The number of halogens is 1. The fourth-order valence-corrected chi connectivity index (χ4v) is 2.63. The number of benzene rings is 1. The van der Waals surface area contributed by atoms with E-state index in [1.807, 2.05) is 26.0 Å². The van der Waals surface area contributed by atoms with E-state index in [4.69, 9.17) is 16.3 Å². The molecule has 1 aromatic carbocycles. The molecule has 1 aromatic rings. The van der Waals surface area contributed by atoms with Gasteiger partial charge in [0.25, 0.3) is 0 Å². The Morgan fingerprint density at radius 3 is 2.89 bits per heavy atom. The smallest absolute Gasteiger partial charge is 0.125 e. The molecule has 0 saturated heterocycles. The second kappa shape index (κ2) is 5.94. The highest BCUT2D eigenvalue weighted by Gasteiger charge is 2.17. The normalized spacial score (nSPS) is 15.6. The molecule has 0 aliphatic carbocycles. The third-order valence-electron chi connectivity index (χ3n) is 3.54. The second-order valence-corrected chi connectivity index (χ2v) is 5.79. The van der Waals surface area contributed by atoms with Crippen LogP contribution in [-0.2, 0) is 12.8 Å². The first-order chi connectivity index (χ1) is 8.58. The van der Waals surface area contributed by atoms with Crippen molar-refractivity contribution >= 4 is 11.6 Å². The summed E-state index contributed by atoms with van der Waals surface area (Å²) in [6, 6.07) is 3.99. The minimum Gasteiger partial charge on any atom is -0.493 e. The topological polar surface area (TPSA) is 29.5 Å². The van der Waals surface area contributed by atoms with Gasteiger partial charge in [-0.1, -0.05) is 25.4 Å². The van der Waals surface area contributed by atoms with Gasteiger partial charge in [0.05, 0.1) is 12.7 Å². The van der Waals surface area contributed by atoms with Gasteiger partial charge in [-0.05, 0) is 48.4 Å². The van der Waals surface area contributed by atoms with Crippen molar-refractivity contribution in [2.75, 3.05) is 6.61 Å². The number of hydrogen-bond donors (Lipinski definition) is 1. The summed E-state index contributed by atoms with van der Waals surface area (Å²) in [4.78, 5) is 0. The third-order valence-corrected chi connectivity index (χ3v) is 3.76. The Labute approximate surface area is 114 Å². The van der Waals surface area contributed by atoms with E-state index in [9.17, 15) is 5.11 Å². The minimum absolute atomic E-state index is 0.210. The predicted molar refractivity (Wildman–Crippen MR) is 74.4 cm³/mol. The average Bonchev–Trinajstić information content (AvgIpc) is 2.76. The summed E-state index contributed by atoms with van der Waals surface area (Å²) in [5, 5.41) is 10.6. The van der Waals surface area contributed by atoms with Gasteiger partial charge in [-0.2, -0.15) is 0 Å². The number of aliphatic hydroxyl groups is 1. The molecule has 0 amide bonds. The Morgan fingerprint density at radius 2 is 2.17 bits per heavy atom. The number of rotatable bonds is 5. The number of fused-ring (bicyclic) bond motifs is 1. The van der Waals surface area contributed by atoms with Crippen molar-refractivity contribution < 1.29 is 9.84 Å². The van der Waals surface area contributed by atoms with Gasteiger partial charge in [0.1, 0.15) is 5.75 Å². The summed E-state index contributed by atoms with van der Waals surface area (Å²) in [5.41, 5.74) is 2.41. The highest BCUT2D eigenvalue weighted by molar-refractivity contribution is 6.30. The number of aliphatic hydroxyl groups excluding tert-OH is 1. The predicted octanol–water partition coefficient (Wildman–Crippen LogP) is 3.61. The van der Waals surface area contributed by atoms with Crippen LogP contribution in [0.1, 0.15) is 37.8 Å². The molecule has 2 nitrogen and oxygen atoms in total. The molecule has 18 heavy (non-hydrogen) atoms.